The monoisotopic (exact) mass is 472 g/mol. The van der Waals surface area contributed by atoms with Gasteiger partial charge in [-0.2, -0.15) is 0 Å². The van der Waals surface area contributed by atoms with Gasteiger partial charge < -0.3 is 18.9 Å². The molecule has 0 aliphatic carbocycles. The van der Waals surface area contributed by atoms with Gasteiger partial charge in [-0.15, -0.1) is 0 Å². The molecule has 1 fully saturated rings. The number of nitrogens with zero attached hydrogens (tertiary/aromatic N) is 1. The number of piperidine rings is 1. The molecule has 4 rings (SSSR count). The smallest absolute Gasteiger partial charge is 0.305 e. The molecule has 182 valence electrons. The van der Waals surface area contributed by atoms with Gasteiger partial charge >= 0.3 is 5.97 Å². The number of H-pyrrole nitrogens is 1. The van der Waals surface area contributed by atoms with Crippen LogP contribution in [-0.4, -0.2) is 58.1 Å². The molecule has 6 nitrogen and oxygen atoms in total. The summed E-state index contributed by atoms with van der Waals surface area (Å²) in [5, 5.41) is 1.38. The summed E-state index contributed by atoms with van der Waals surface area (Å²) >= 11 is 0. The second kappa shape index (κ2) is 9.08. The average Bonchev–Trinajstić information content (AvgIpc) is 3.16. The van der Waals surface area contributed by atoms with Crippen molar-refractivity contribution in [2.45, 2.75) is 64.2 Å². The summed E-state index contributed by atoms with van der Waals surface area (Å²) in [6.45, 7) is 14.1. The van der Waals surface area contributed by atoms with Crippen molar-refractivity contribution in [2.75, 3.05) is 33.9 Å². The van der Waals surface area contributed by atoms with Gasteiger partial charge in [0.05, 0.1) is 20.3 Å². The third-order valence-electron chi connectivity index (χ3n) is 8.35. The number of carbonyl (C=O) groups excluding carboxylic acids is 1. The molecule has 0 unspecified atom stereocenters. The van der Waals surface area contributed by atoms with E-state index in [1.165, 1.54) is 23.8 Å². The van der Waals surface area contributed by atoms with Gasteiger partial charge in [-0.1, -0.05) is 26.8 Å². The van der Waals surface area contributed by atoms with Crippen LogP contribution >= 0.6 is 0 Å². The summed E-state index contributed by atoms with van der Waals surface area (Å²) in [5.41, 5.74) is 3.80. The molecular weight excluding hydrogens is 432 g/mol. The van der Waals surface area contributed by atoms with Gasteiger partial charge in [-0.05, 0) is 60.5 Å². The highest BCUT2D eigenvalue weighted by molar-refractivity contribution is 6.74. The Balaban J connectivity index is 1.61. The predicted octanol–water partition coefficient (Wildman–Crippen LogP) is 5.30. The topological polar surface area (TPSA) is 63.8 Å². The maximum atomic E-state index is 12.3. The Labute approximate surface area is 199 Å². The maximum Gasteiger partial charge on any atom is 0.305 e. The van der Waals surface area contributed by atoms with Crippen LogP contribution in [0.25, 0.3) is 10.9 Å². The van der Waals surface area contributed by atoms with Gasteiger partial charge in [0, 0.05) is 42.7 Å². The molecule has 2 aliphatic heterocycles. The first-order valence-electron chi connectivity index (χ1n) is 12.2. The van der Waals surface area contributed by atoms with E-state index >= 15 is 0 Å². The first kappa shape index (κ1) is 24.3. The number of nitrogens with one attached hydrogen (secondary N) is 1. The fourth-order valence-corrected chi connectivity index (χ4v) is 6.36. The van der Waals surface area contributed by atoms with Crippen LogP contribution in [0.1, 0.15) is 50.9 Å². The van der Waals surface area contributed by atoms with Crippen molar-refractivity contribution in [1.82, 2.24) is 9.88 Å². The van der Waals surface area contributed by atoms with E-state index in [1.807, 2.05) is 12.1 Å². The number of methoxy groups -OCH3 is 2. The molecule has 0 radical (unpaired) electrons. The van der Waals surface area contributed by atoms with Crippen molar-refractivity contribution >= 4 is 25.2 Å². The van der Waals surface area contributed by atoms with Crippen LogP contribution in [0.3, 0.4) is 0 Å². The molecule has 2 aromatic rings. The number of benzene rings is 1. The second-order valence-electron chi connectivity index (χ2n) is 11.3. The highest BCUT2D eigenvalue weighted by Crippen LogP contribution is 2.46. The molecule has 1 aromatic carbocycles. The number of carbonyl (C=O) groups is 1. The van der Waals surface area contributed by atoms with Gasteiger partial charge in [0.1, 0.15) is 5.75 Å². The third-order valence-corrected chi connectivity index (χ3v) is 12.8. The number of ether oxygens (including phenoxy) is 2. The van der Waals surface area contributed by atoms with Crippen LogP contribution in [-0.2, 0) is 20.4 Å². The molecule has 3 heterocycles. The lowest BCUT2D eigenvalue weighted by Crippen LogP contribution is -2.49. The standard InChI is InChI=1S/C26H40N2O4Si/c1-26(2,3)33(6,7)32-16-18-15-28-12-11-19-24-20(9-8-10-22(24)30-4)27-25(19)21(28)13-17(18)14-23(29)31-5/h8-10,17-18,21,27H,11-16H2,1-7H3/t17-,18+,21+/m1/s1. The largest absolute Gasteiger partial charge is 0.496 e. The maximum absolute atomic E-state index is 12.3. The van der Waals surface area contributed by atoms with E-state index in [2.05, 4.69) is 49.8 Å². The Morgan fingerprint density at radius 2 is 1.97 bits per heavy atom. The van der Waals surface area contributed by atoms with E-state index < -0.39 is 8.32 Å². The summed E-state index contributed by atoms with van der Waals surface area (Å²) in [5.74, 6) is 1.37. The number of fused-ring (bicyclic) bond motifs is 5. The number of hydrogen-bond acceptors (Lipinski definition) is 5. The fourth-order valence-electron chi connectivity index (χ4n) is 5.29. The first-order chi connectivity index (χ1) is 15.6. The van der Waals surface area contributed by atoms with Crippen LogP contribution < -0.4 is 4.74 Å². The summed E-state index contributed by atoms with van der Waals surface area (Å²) in [7, 11) is 1.37. The number of hydrogen-bond donors (Lipinski definition) is 1. The Morgan fingerprint density at radius 1 is 1.21 bits per heavy atom. The van der Waals surface area contributed by atoms with Gasteiger partial charge in [0.2, 0.25) is 0 Å². The minimum absolute atomic E-state index is 0.125. The normalized spacial score (nSPS) is 23.8. The van der Waals surface area contributed by atoms with Crippen molar-refractivity contribution in [2.24, 2.45) is 11.8 Å². The molecule has 7 heteroatoms. The fraction of sp³-hybridized carbons (Fsp3) is 0.654. The number of rotatable bonds is 6. The molecule has 1 saturated heterocycles. The Kier molecular flexibility index (Phi) is 6.68. The van der Waals surface area contributed by atoms with E-state index in [-0.39, 0.29) is 23.0 Å². The van der Waals surface area contributed by atoms with Gasteiger partial charge in [0.25, 0.3) is 0 Å². The minimum atomic E-state index is -1.86. The van der Waals surface area contributed by atoms with Crippen LogP contribution in [0, 0.1) is 11.8 Å². The second-order valence-corrected chi connectivity index (χ2v) is 16.1. The number of aromatic amines is 1. The summed E-state index contributed by atoms with van der Waals surface area (Å²) < 4.78 is 17.4. The molecule has 33 heavy (non-hydrogen) atoms. The average molecular weight is 473 g/mol. The lowest BCUT2D eigenvalue weighted by Gasteiger charge is -2.47. The van der Waals surface area contributed by atoms with Crippen molar-refractivity contribution in [1.29, 1.82) is 0 Å². The zero-order valence-electron chi connectivity index (χ0n) is 21.3. The van der Waals surface area contributed by atoms with E-state index in [1.54, 1.807) is 7.11 Å². The Bertz CT molecular complexity index is 1010. The minimum Gasteiger partial charge on any atom is -0.496 e. The SMILES string of the molecule is COC(=O)C[C@H]1C[C@H]2c3[nH]c4cccc(OC)c4c3CCN2C[C@H]1CO[Si](C)(C)C(C)(C)C. The number of esters is 1. The summed E-state index contributed by atoms with van der Waals surface area (Å²) in [4.78, 5) is 18.6. The molecule has 0 amide bonds. The van der Waals surface area contributed by atoms with Crippen molar-refractivity contribution in [3.8, 4) is 5.75 Å². The summed E-state index contributed by atoms with van der Waals surface area (Å²) in [6.07, 6.45) is 2.39. The number of aromatic nitrogens is 1. The first-order valence-corrected chi connectivity index (χ1v) is 15.1. The highest BCUT2D eigenvalue weighted by atomic mass is 28.4. The molecule has 1 aromatic heterocycles. The Hall–Kier alpha value is -1.83. The van der Waals surface area contributed by atoms with E-state index in [9.17, 15) is 4.79 Å². The third kappa shape index (κ3) is 4.60. The van der Waals surface area contributed by atoms with Crippen molar-refractivity contribution in [3.63, 3.8) is 0 Å². The van der Waals surface area contributed by atoms with Crippen LogP contribution in [0.4, 0.5) is 0 Å². The highest BCUT2D eigenvalue weighted by Gasteiger charge is 2.43. The molecule has 3 atom stereocenters. The molecule has 0 bridgehead atoms. The predicted molar refractivity (Wildman–Crippen MR) is 134 cm³/mol. The van der Waals surface area contributed by atoms with Gasteiger partial charge in [-0.25, -0.2) is 0 Å². The quantitative estimate of drug-likeness (QED) is 0.457. The van der Waals surface area contributed by atoms with Gasteiger partial charge in [-0.3, -0.25) is 9.69 Å². The van der Waals surface area contributed by atoms with E-state index in [4.69, 9.17) is 13.9 Å². The summed E-state index contributed by atoms with van der Waals surface area (Å²) in [6, 6.07) is 6.49. The lowest BCUT2D eigenvalue weighted by atomic mass is 9.77. The van der Waals surface area contributed by atoms with Crippen LogP contribution in [0.15, 0.2) is 18.2 Å². The van der Waals surface area contributed by atoms with E-state index in [0.717, 1.165) is 43.8 Å². The molecule has 1 N–H and O–H groups in total. The molecule has 0 spiro atoms. The van der Waals surface area contributed by atoms with Crippen molar-refractivity contribution in [3.05, 3.63) is 29.5 Å². The van der Waals surface area contributed by atoms with Gasteiger partial charge in [0.15, 0.2) is 8.32 Å². The molecular formula is C26H40N2O4Si. The van der Waals surface area contributed by atoms with E-state index in [0.29, 0.717) is 12.3 Å². The molecule has 0 saturated carbocycles. The van der Waals surface area contributed by atoms with Crippen molar-refractivity contribution < 1.29 is 18.7 Å². The Morgan fingerprint density at radius 3 is 2.64 bits per heavy atom. The van der Waals surface area contributed by atoms with Crippen LogP contribution in [0.2, 0.25) is 18.1 Å². The lowest BCUT2D eigenvalue weighted by molar-refractivity contribution is -0.143. The zero-order valence-corrected chi connectivity index (χ0v) is 22.3. The zero-order chi connectivity index (χ0) is 24.0. The molecule has 2 aliphatic rings. The van der Waals surface area contributed by atoms with Crippen LogP contribution in [0.5, 0.6) is 5.75 Å².